The van der Waals surface area contributed by atoms with Gasteiger partial charge in [-0.05, 0) is 39.7 Å². The maximum Gasteiger partial charge on any atom is 0.331 e. The van der Waals surface area contributed by atoms with Gasteiger partial charge in [-0.1, -0.05) is 0 Å². The number of carbonyl (C=O) groups excluding carboxylic acids is 1. The van der Waals surface area contributed by atoms with Crippen molar-refractivity contribution < 1.29 is 9.53 Å². The molecule has 3 N–H and O–H groups in total. The standard InChI is InChI=1S/C25H36N8O4/c1-6-32-21-20(19(22(34)27-9-11-37-5)23(32)31-10-7-8-17(26)13-31)30(4)25(36)33(24(21)35)14-18-28-15(2)12-16(3)29-18/h12,17H,6-11,13-14,26H2,1-5H3,(H,27,34)/t17-/m1/s1. The van der Waals surface area contributed by atoms with Gasteiger partial charge in [0.15, 0.2) is 0 Å². The molecule has 1 aliphatic rings. The Hall–Kier alpha value is -3.51. The third-order valence-corrected chi connectivity index (χ3v) is 6.73. The van der Waals surface area contributed by atoms with Gasteiger partial charge >= 0.3 is 5.69 Å². The molecular formula is C25H36N8O4. The van der Waals surface area contributed by atoms with Gasteiger partial charge in [0, 0.05) is 57.8 Å². The maximum atomic E-state index is 13.9. The van der Waals surface area contributed by atoms with Gasteiger partial charge < -0.3 is 25.3 Å². The molecule has 0 saturated carbocycles. The quantitative estimate of drug-likeness (QED) is 0.410. The minimum absolute atomic E-state index is 0.0522. The first-order chi connectivity index (χ1) is 17.7. The van der Waals surface area contributed by atoms with Crippen molar-refractivity contribution in [1.29, 1.82) is 0 Å². The first kappa shape index (κ1) is 26.6. The van der Waals surface area contributed by atoms with Crippen LogP contribution in [-0.4, -0.2) is 69.0 Å². The topological polar surface area (TPSA) is 142 Å². The van der Waals surface area contributed by atoms with Crippen LogP contribution < -0.4 is 27.2 Å². The summed E-state index contributed by atoms with van der Waals surface area (Å²) in [5.41, 5.74) is 7.67. The van der Waals surface area contributed by atoms with E-state index in [9.17, 15) is 14.4 Å². The van der Waals surface area contributed by atoms with Crippen LogP contribution in [-0.2, 0) is 24.9 Å². The Bertz CT molecular complexity index is 1420. The summed E-state index contributed by atoms with van der Waals surface area (Å²) in [6.45, 7) is 7.83. The highest BCUT2D eigenvalue weighted by Gasteiger charge is 2.32. The van der Waals surface area contributed by atoms with E-state index >= 15 is 0 Å². The van der Waals surface area contributed by atoms with E-state index < -0.39 is 11.2 Å². The fraction of sp³-hybridized carbons (Fsp3) is 0.560. The predicted octanol–water partition coefficient (Wildman–Crippen LogP) is 0.280. The largest absolute Gasteiger partial charge is 0.383 e. The SMILES string of the molecule is CCn1c(N2CCC[C@@H](N)C2)c(C(=O)NCCOC)c2c1c(=O)n(Cc1nc(C)cc(C)n1)c(=O)n2C. The molecule has 12 heteroatoms. The highest BCUT2D eigenvalue weighted by Crippen LogP contribution is 2.32. The van der Waals surface area contributed by atoms with Crippen LogP contribution in [0.5, 0.6) is 0 Å². The van der Waals surface area contributed by atoms with Crippen LogP contribution in [0.15, 0.2) is 15.7 Å². The number of methoxy groups -OCH3 is 1. The lowest BCUT2D eigenvalue weighted by Crippen LogP contribution is -2.44. The van der Waals surface area contributed by atoms with Crippen molar-refractivity contribution in [2.24, 2.45) is 12.8 Å². The second kappa shape index (κ2) is 10.9. The normalized spacial score (nSPS) is 15.9. The van der Waals surface area contributed by atoms with Gasteiger partial charge in [-0.25, -0.2) is 14.8 Å². The molecule has 0 aromatic carbocycles. The molecule has 0 aliphatic carbocycles. The fourth-order valence-corrected chi connectivity index (χ4v) is 5.18. The molecule has 12 nitrogen and oxygen atoms in total. The van der Waals surface area contributed by atoms with Crippen molar-refractivity contribution in [3.8, 4) is 0 Å². The fourth-order valence-electron chi connectivity index (χ4n) is 5.18. The van der Waals surface area contributed by atoms with E-state index in [1.54, 1.807) is 14.2 Å². The summed E-state index contributed by atoms with van der Waals surface area (Å²) in [4.78, 5) is 51.9. The molecule has 1 atom stereocenters. The molecule has 4 heterocycles. The average molecular weight is 513 g/mol. The molecule has 0 unspecified atom stereocenters. The van der Waals surface area contributed by atoms with Crippen LogP contribution in [0.4, 0.5) is 5.82 Å². The average Bonchev–Trinajstić information content (AvgIpc) is 3.20. The lowest BCUT2D eigenvalue weighted by molar-refractivity contribution is 0.0938. The Labute approximate surface area is 215 Å². The smallest absolute Gasteiger partial charge is 0.331 e. The zero-order chi connectivity index (χ0) is 26.9. The molecule has 0 spiro atoms. The summed E-state index contributed by atoms with van der Waals surface area (Å²) in [6.07, 6.45) is 1.75. The van der Waals surface area contributed by atoms with Gasteiger partial charge in [-0.15, -0.1) is 0 Å². The van der Waals surface area contributed by atoms with Gasteiger partial charge in [0.25, 0.3) is 11.5 Å². The molecule has 37 heavy (non-hydrogen) atoms. The van der Waals surface area contributed by atoms with Crippen molar-refractivity contribution in [2.75, 3.05) is 38.3 Å². The second-order valence-electron chi connectivity index (χ2n) is 9.54. The molecule has 3 aromatic heterocycles. The Morgan fingerprint density at radius 3 is 2.51 bits per heavy atom. The lowest BCUT2D eigenvalue weighted by Gasteiger charge is -2.33. The summed E-state index contributed by atoms with van der Waals surface area (Å²) < 4.78 is 9.44. The zero-order valence-corrected chi connectivity index (χ0v) is 22.2. The van der Waals surface area contributed by atoms with Crippen molar-refractivity contribution in [2.45, 2.75) is 52.7 Å². The molecule has 0 bridgehead atoms. The Kier molecular flexibility index (Phi) is 7.79. The number of aryl methyl sites for hydroxylation is 4. The van der Waals surface area contributed by atoms with Crippen LogP contribution in [0.3, 0.4) is 0 Å². The zero-order valence-electron chi connectivity index (χ0n) is 22.2. The van der Waals surface area contributed by atoms with E-state index in [1.165, 1.54) is 4.57 Å². The highest BCUT2D eigenvalue weighted by atomic mass is 16.5. The number of rotatable bonds is 8. The van der Waals surface area contributed by atoms with Gasteiger partial charge in [0.2, 0.25) is 0 Å². The molecular weight excluding hydrogens is 476 g/mol. The summed E-state index contributed by atoms with van der Waals surface area (Å²) >= 11 is 0. The summed E-state index contributed by atoms with van der Waals surface area (Å²) in [5, 5.41) is 2.87. The summed E-state index contributed by atoms with van der Waals surface area (Å²) in [5.74, 6) is 0.619. The van der Waals surface area contributed by atoms with Gasteiger partial charge in [-0.2, -0.15) is 0 Å². The second-order valence-corrected chi connectivity index (χ2v) is 9.54. The minimum atomic E-state index is -0.540. The van der Waals surface area contributed by atoms with Gasteiger partial charge in [0.05, 0.1) is 18.7 Å². The monoisotopic (exact) mass is 512 g/mol. The molecule has 200 valence electrons. The summed E-state index contributed by atoms with van der Waals surface area (Å²) in [6, 6.07) is 1.78. The van der Waals surface area contributed by atoms with Crippen molar-refractivity contribution >= 4 is 22.8 Å². The van der Waals surface area contributed by atoms with Gasteiger partial charge in [0.1, 0.15) is 22.7 Å². The van der Waals surface area contributed by atoms with Crippen LogP contribution in [0.1, 0.15) is 47.3 Å². The first-order valence-corrected chi connectivity index (χ1v) is 12.6. The van der Waals surface area contributed by atoms with Crippen LogP contribution in [0.2, 0.25) is 0 Å². The lowest BCUT2D eigenvalue weighted by atomic mass is 10.1. The molecule has 3 aromatic rings. The van der Waals surface area contributed by atoms with E-state index in [4.69, 9.17) is 10.5 Å². The molecule has 1 amide bonds. The Morgan fingerprint density at radius 1 is 1.19 bits per heavy atom. The predicted molar refractivity (Wildman–Crippen MR) is 141 cm³/mol. The number of fused-ring (bicyclic) bond motifs is 1. The van der Waals surface area contributed by atoms with Crippen LogP contribution in [0.25, 0.3) is 11.0 Å². The van der Waals surface area contributed by atoms with Crippen molar-refractivity contribution in [3.63, 3.8) is 0 Å². The highest BCUT2D eigenvalue weighted by molar-refractivity contribution is 6.11. The summed E-state index contributed by atoms with van der Waals surface area (Å²) in [7, 11) is 3.14. The van der Waals surface area contributed by atoms with Crippen LogP contribution in [0, 0.1) is 13.8 Å². The molecule has 1 fully saturated rings. The minimum Gasteiger partial charge on any atom is -0.383 e. The molecule has 1 saturated heterocycles. The number of aromatic nitrogens is 5. The van der Waals surface area contributed by atoms with E-state index in [2.05, 4.69) is 20.2 Å². The number of hydrogen-bond donors (Lipinski definition) is 2. The Morgan fingerprint density at radius 2 is 1.89 bits per heavy atom. The third kappa shape index (κ3) is 5.03. The molecule has 4 rings (SSSR count). The number of anilines is 1. The molecule has 1 aliphatic heterocycles. The van der Waals surface area contributed by atoms with Gasteiger partial charge in [-0.3, -0.25) is 18.7 Å². The van der Waals surface area contributed by atoms with E-state index in [0.29, 0.717) is 61.0 Å². The van der Waals surface area contributed by atoms with Crippen molar-refractivity contribution in [1.82, 2.24) is 29.0 Å². The maximum absolute atomic E-state index is 13.9. The number of nitrogens with zero attached hydrogens (tertiary/aromatic N) is 6. The van der Waals surface area contributed by atoms with E-state index in [-0.39, 0.29) is 18.5 Å². The number of hydrogen-bond acceptors (Lipinski definition) is 8. The number of nitrogens with two attached hydrogens (primary N) is 1. The Balaban J connectivity index is 1.99. The number of amides is 1. The first-order valence-electron chi connectivity index (χ1n) is 12.6. The molecule has 0 radical (unpaired) electrons. The number of ether oxygens (including phenoxy) is 1. The van der Waals surface area contributed by atoms with E-state index in [0.717, 1.165) is 28.8 Å². The van der Waals surface area contributed by atoms with Crippen molar-refractivity contribution in [3.05, 3.63) is 49.7 Å². The number of piperidine rings is 1. The third-order valence-electron chi connectivity index (χ3n) is 6.73. The van der Waals surface area contributed by atoms with E-state index in [1.807, 2.05) is 31.4 Å². The van der Waals surface area contributed by atoms with Crippen LogP contribution >= 0.6 is 0 Å². The number of carbonyl (C=O) groups is 1. The number of nitrogens with one attached hydrogen (secondary N) is 1.